The third-order valence-corrected chi connectivity index (χ3v) is 5.24. The number of hydrogen-bond acceptors (Lipinski definition) is 4. The monoisotopic (exact) mass is 379 g/mol. The van der Waals surface area contributed by atoms with E-state index in [1.54, 1.807) is 6.20 Å². The van der Waals surface area contributed by atoms with Crippen molar-refractivity contribution in [2.24, 2.45) is 11.8 Å². The Hall–Kier alpha value is -2.69. The summed E-state index contributed by atoms with van der Waals surface area (Å²) >= 11 is 0. The normalized spacial score (nSPS) is 12.7. The summed E-state index contributed by atoms with van der Waals surface area (Å²) in [4.78, 5) is 17.7. The summed E-state index contributed by atoms with van der Waals surface area (Å²) in [7, 11) is 0. The van der Waals surface area contributed by atoms with Crippen LogP contribution in [-0.4, -0.2) is 27.3 Å². The van der Waals surface area contributed by atoms with E-state index in [4.69, 9.17) is 9.72 Å². The van der Waals surface area contributed by atoms with E-state index in [0.29, 0.717) is 29.7 Å². The minimum atomic E-state index is -0.323. The number of fused-ring (bicyclic) bond motifs is 1. The van der Waals surface area contributed by atoms with Gasteiger partial charge in [0.05, 0.1) is 29.4 Å². The van der Waals surface area contributed by atoms with Gasteiger partial charge in [-0.2, -0.15) is 5.10 Å². The van der Waals surface area contributed by atoms with Crippen LogP contribution in [0.5, 0.6) is 0 Å². The van der Waals surface area contributed by atoms with Crippen molar-refractivity contribution in [3.05, 3.63) is 47.7 Å². The molecule has 0 N–H and O–H groups in total. The first-order valence-electron chi connectivity index (χ1n) is 9.90. The van der Waals surface area contributed by atoms with Crippen LogP contribution in [0.15, 0.2) is 36.5 Å². The highest BCUT2D eigenvalue weighted by atomic mass is 16.5. The van der Waals surface area contributed by atoms with Crippen LogP contribution >= 0.6 is 0 Å². The first-order valence-corrected chi connectivity index (χ1v) is 9.90. The predicted molar refractivity (Wildman–Crippen MR) is 112 cm³/mol. The van der Waals surface area contributed by atoms with Crippen molar-refractivity contribution in [1.82, 2.24) is 14.8 Å². The smallest absolute Gasteiger partial charge is 0.339 e. The summed E-state index contributed by atoms with van der Waals surface area (Å²) in [5, 5.41) is 5.19. The number of rotatable bonds is 6. The third kappa shape index (κ3) is 4.08. The fourth-order valence-corrected chi connectivity index (χ4v) is 2.91. The molecule has 3 aromatic rings. The number of pyridine rings is 1. The Kier molecular flexibility index (Phi) is 5.82. The van der Waals surface area contributed by atoms with Gasteiger partial charge >= 0.3 is 5.97 Å². The molecule has 0 aliphatic carbocycles. The predicted octanol–water partition coefficient (Wildman–Crippen LogP) is 5.44. The molecule has 1 atom stereocenters. The zero-order valence-corrected chi connectivity index (χ0v) is 17.6. The van der Waals surface area contributed by atoms with E-state index in [1.165, 1.54) is 5.56 Å². The topological polar surface area (TPSA) is 57.0 Å². The number of hydrogen-bond donors (Lipinski definition) is 0. The number of carbonyl (C=O) groups is 1. The van der Waals surface area contributed by atoms with Gasteiger partial charge in [0.25, 0.3) is 0 Å². The lowest BCUT2D eigenvalue weighted by molar-refractivity contribution is 0.0422. The summed E-state index contributed by atoms with van der Waals surface area (Å²) in [5.74, 6) is 0.435. The van der Waals surface area contributed by atoms with Crippen molar-refractivity contribution in [3.8, 4) is 11.3 Å². The average Bonchev–Trinajstić information content (AvgIpc) is 3.09. The Bertz CT molecular complexity index is 971. The lowest BCUT2D eigenvalue weighted by Crippen LogP contribution is -2.16. The molecule has 0 fully saturated rings. The van der Waals surface area contributed by atoms with E-state index in [-0.39, 0.29) is 12.0 Å². The second-order valence-electron chi connectivity index (χ2n) is 8.16. The molecule has 0 saturated carbocycles. The fourth-order valence-electron chi connectivity index (χ4n) is 2.91. The molecule has 0 aliphatic heterocycles. The Labute approximate surface area is 166 Å². The fraction of sp³-hybridized carbons (Fsp3) is 0.435. The molecule has 5 nitrogen and oxygen atoms in total. The van der Waals surface area contributed by atoms with Gasteiger partial charge in [-0.05, 0) is 38.7 Å². The van der Waals surface area contributed by atoms with Crippen LogP contribution in [0.2, 0.25) is 0 Å². The molecule has 1 unspecified atom stereocenters. The molecule has 2 aromatic heterocycles. The van der Waals surface area contributed by atoms with Crippen molar-refractivity contribution in [2.45, 2.75) is 47.6 Å². The second-order valence-corrected chi connectivity index (χ2v) is 8.16. The first kappa shape index (κ1) is 20.1. The van der Waals surface area contributed by atoms with Crippen molar-refractivity contribution in [2.75, 3.05) is 6.61 Å². The molecule has 28 heavy (non-hydrogen) atoms. The maximum atomic E-state index is 12.9. The molecule has 2 heterocycles. The van der Waals surface area contributed by atoms with E-state index in [0.717, 1.165) is 16.6 Å². The number of esters is 1. The van der Waals surface area contributed by atoms with E-state index < -0.39 is 0 Å². The van der Waals surface area contributed by atoms with Crippen LogP contribution < -0.4 is 0 Å². The van der Waals surface area contributed by atoms with Gasteiger partial charge in [-0.1, -0.05) is 50.6 Å². The van der Waals surface area contributed by atoms with E-state index >= 15 is 0 Å². The van der Waals surface area contributed by atoms with Crippen molar-refractivity contribution >= 4 is 17.0 Å². The number of nitrogens with zero attached hydrogens (tertiary/aromatic N) is 3. The Balaban J connectivity index is 2.07. The molecular formula is C23H29N3O2. The van der Waals surface area contributed by atoms with E-state index in [2.05, 4.69) is 39.7 Å². The number of ether oxygens (including phenoxy) is 1. The van der Waals surface area contributed by atoms with Gasteiger partial charge < -0.3 is 4.74 Å². The van der Waals surface area contributed by atoms with Gasteiger partial charge in [0.2, 0.25) is 0 Å². The quantitative estimate of drug-likeness (QED) is 0.535. The molecule has 1 aromatic carbocycles. The molecule has 5 heteroatoms. The zero-order valence-electron chi connectivity index (χ0n) is 17.6. The van der Waals surface area contributed by atoms with Crippen molar-refractivity contribution in [1.29, 1.82) is 0 Å². The van der Waals surface area contributed by atoms with E-state index in [9.17, 15) is 4.79 Å². The Morgan fingerprint density at radius 2 is 1.79 bits per heavy atom. The summed E-state index contributed by atoms with van der Waals surface area (Å²) < 4.78 is 7.48. The van der Waals surface area contributed by atoms with Gasteiger partial charge in [-0.15, -0.1) is 0 Å². The van der Waals surface area contributed by atoms with E-state index in [1.807, 2.05) is 41.9 Å². The van der Waals surface area contributed by atoms with Crippen molar-refractivity contribution in [3.63, 3.8) is 0 Å². The highest BCUT2D eigenvalue weighted by Crippen LogP contribution is 2.27. The number of aryl methyl sites for hydroxylation is 1. The summed E-state index contributed by atoms with van der Waals surface area (Å²) in [6.07, 6.45) is 1.71. The minimum Gasteiger partial charge on any atom is -0.462 e. The van der Waals surface area contributed by atoms with Gasteiger partial charge in [0, 0.05) is 11.6 Å². The maximum Gasteiger partial charge on any atom is 0.339 e. The van der Waals surface area contributed by atoms with Crippen LogP contribution in [0.1, 0.15) is 56.6 Å². The standard InChI is InChI=1S/C23H29N3O2/c1-14(2)17(6)13-28-23(27)19-11-21(18-9-7-16(5)8-10-18)25-22-20(19)12-24-26(22)15(3)4/h7-12,14-15,17H,13H2,1-6H3. The highest BCUT2D eigenvalue weighted by molar-refractivity contribution is 6.03. The molecule has 0 saturated heterocycles. The number of carbonyl (C=O) groups excluding carboxylic acids is 1. The van der Waals surface area contributed by atoms with Gasteiger partial charge in [-0.3, -0.25) is 0 Å². The summed E-state index contributed by atoms with van der Waals surface area (Å²) in [5.41, 5.74) is 4.12. The van der Waals surface area contributed by atoms with Crippen LogP contribution in [0.3, 0.4) is 0 Å². The second kappa shape index (κ2) is 8.13. The third-order valence-electron chi connectivity index (χ3n) is 5.24. The summed E-state index contributed by atoms with van der Waals surface area (Å²) in [6, 6.07) is 10.1. The number of aromatic nitrogens is 3. The molecule has 0 aliphatic rings. The molecule has 0 radical (unpaired) electrons. The molecule has 0 amide bonds. The van der Waals surface area contributed by atoms with Gasteiger partial charge in [0.1, 0.15) is 0 Å². The van der Waals surface area contributed by atoms with Crippen LogP contribution in [-0.2, 0) is 4.74 Å². The molecule has 0 bridgehead atoms. The first-order chi connectivity index (χ1) is 13.3. The van der Waals surface area contributed by atoms with Crippen LogP contribution in [0.25, 0.3) is 22.3 Å². The minimum absolute atomic E-state index is 0.142. The zero-order chi connectivity index (χ0) is 20.4. The SMILES string of the molecule is Cc1ccc(-c2cc(C(=O)OCC(C)C(C)C)c3cnn(C(C)C)c3n2)cc1. The molecule has 3 rings (SSSR count). The largest absolute Gasteiger partial charge is 0.462 e. The Morgan fingerprint density at radius 1 is 1.11 bits per heavy atom. The van der Waals surface area contributed by atoms with Gasteiger partial charge in [0.15, 0.2) is 5.65 Å². The summed E-state index contributed by atoms with van der Waals surface area (Å²) in [6.45, 7) is 12.9. The lowest BCUT2D eigenvalue weighted by Gasteiger charge is -2.16. The molecular weight excluding hydrogens is 350 g/mol. The Morgan fingerprint density at radius 3 is 2.39 bits per heavy atom. The van der Waals surface area contributed by atoms with Crippen LogP contribution in [0.4, 0.5) is 0 Å². The molecule has 148 valence electrons. The van der Waals surface area contributed by atoms with Crippen molar-refractivity contribution < 1.29 is 9.53 Å². The maximum absolute atomic E-state index is 12.9. The lowest BCUT2D eigenvalue weighted by atomic mass is 9.99. The molecule has 0 spiro atoms. The highest BCUT2D eigenvalue weighted by Gasteiger charge is 2.20. The average molecular weight is 380 g/mol. The van der Waals surface area contributed by atoms with Crippen LogP contribution in [0, 0.1) is 18.8 Å². The number of benzene rings is 1. The van der Waals surface area contributed by atoms with Gasteiger partial charge in [-0.25, -0.2) is 14.5 Å².